The molecular weight excluding hydrogens is 214 g/mol. The molecule has 94 valence electrons. The number of hydrogen-bond acceptors (Lipinski definition) is 3. The fourth-order valence-corrected chi connectivity index (χ4v) is 2.36. The van der Waals surface area contributed by atoms with Crippen molar-refractivity contribution in [1.82, 2.24) is 5.32 Å². The first-order valence-electron chi connectivity index (χ1n) is 6.13. The van der Waals surface area contributed by atoms with Crippen molar-refractivity contribution in [2.24, 2.45) is 0 Å². The van der Waals surface area contributed by atoms with Crippen LogP contribution in [0.25, 0.3) is 0 Å². The van der Waals surface area contributed by atoms with E-state index in [2.05, 4.69) is 32.2 Å². The highest BCUT2D eigenvalue weighted by molar-refractivity contribution is 5.44. The van der Waals surface area contributed by atoms with Crippen molar-refractivity contribution >= 4 is 0 Å². The van der Waals surface area contributed by atoms with Gasteiger partial charge in [0.2, 0.25) is 0 Å². The molecule has 1 N–H and O–H groups in total. The Labute approximate surface area is 103 Å². The predicted molar refractivity (Wildman–Crippen MR) is 68.6 cm³/mol. The zero-order chi connectivity index (χ0) is 12.4. The Hall–Kier alpha value is -1.06. The largest absolute Gasteiger partial charge is 0.496 e. The Morgan fingerprint density at radius 3 is 2.65 bits per heavy atom. The Morgan fingerprint density at radius 2 is 2.00 bits per heavy atom. The van der Waals surface area contributed by atoms with Gasteiger partial charge < -0.3 is 14.8 Å². The number of nitrogens with one attached hydrogen (secondary N) is 1. The van der Waals surface area contributed by atoms with Gasteiger partial charge in [0.05, 0.1) is 19.3 Å². The van der Waals surface area contributed by atoms with Crippen LogP contribution in [0.3, 0.4) is 0 Å². The van der Waals surface area contributed by atoms with Crippen LogP contribution in [0.2, 0.25) is 0 Å². The van der Waals surface area contributed by atoms with E-state index in [1.165, 1.54) is 16.7 Å². The number of benzene rings is 1. The summed E-state index contributed by atoms with van der Waals surface area (Å²) in [5.41, 5.74) is 3.74. The maximum Gasteiger partial charge on any atom is 0.122 e. The van der Waals surface area contributed by atoms with E-state index in [1.54, 1.807) is 7.11 Å². The van der Waals surface area contributed by atoms with Gasteiger partial charge in [-0.05, 0) is 43.5 Å². The molecule has 0 spiro atoms. The molecule has 1 aromatic rings. The maximum atomic E-state index is 5.98. The summed E-state index contributed by atoms with van der Waals surface area (Å²) >= 11 is 0. The van der Waals surface area contributed by atoms with Gasteiger partial charge in [0.15, 0.2) is 0 Å². The molecule has 3 heteroatoms. The third kappa shape index (κ3) is 2.45. The van der Waals surface area contributed by atoms with E-state index < -0.39 is 0 Å². The van der Waals surface area contributed by atoms with Crippen molar-refractivity contribution in [2.75, 3.05) is 20.2 Å². The molecule has 1 aliphatic rings. The minimum Gasteiger partial charge on any atom is -0.496 e. The van der Waals surface area contributed by atoms with E-state index in [0.29, 0.717) is 0 Å². The first kappa shape index (κ1) is 12.4. The van der Waals surface area contributed by atoms with Gasteiger partial charge in [-0.1, -0.05) is 6.07 Å². The minimum absolute atomic E-state index is 0.156. The Balaban J connectivity index is 2.29. The second-order valence-corrected chi connectivity index (χ2v) is 4.70. The summed E-state index contributed by atoms with van der Waals surface area (Å²) in [6, 6.07) is 4.14. The van der Waals surface area contributed by atoms with Crippen LogP contribution in [0.1, 0.15) is 29.7 Å². The van der Waals surface area contributed by atoms with Gasteiger partial charge in [-0.3, -0.25) is 0 Å². The second-order valence-electron chi connectivity index (χ2n) is 4.70. The summed E-state index contributed by atoms with van der Waals surface area (Å²) in [7, 11) is 1.71. The average molecular weight is 235 g/mol. The third-order valence-electron chi connectivity index (χ3n) is 3.50. The fourth-order valence-electron chi connectivity index (χ4n) is 2.36. The summed E-state index contributed by atoms with van der Waals surface area (Å²) in [5.74, 6) is 0.947. The van der Waals surface area contributed by atoms with Crippen LogP contribution in [0.4, 0.5) is 0 Å². The zero-order valence-electron chi connectivity index (χ0n) is 11.0. The van der Waals surface area contributed by atoms with E-state index in [1.807, 2.05) is 6.07 Å². The lowest BCUT2D eigenvalue weighted by atomic mass is 9.97. The summed E-state index contributed by atoms with van der Waals surface area (Å²) in [5, 5.41) is 3.40. The van der Waals surface area contributed by atoms with Crippen LogP contribution < -0.4 is 10.1 Å². The molecule has 3 nitrogen and oxygen atoms in total. The topological polar surface area (TPSA) is 30.5 Å². The van der Waals surface area contributed by atoms with Crippen molar-refractivity contribution in [2.45, 2.75) is 33.0 Å². The fraction of sp³-hybridized carbons (Fsp3) is 0.571. The smallest absolute Gasteiger partial charge is 0.122 e. The molecule has 0 amide bonds. The Morgan fingerprint density at radius 1 is 1.24 bits per heavy atom. The summed E-state index contributed by atoms with van der Waals surface area (Å²) < 4.78 is 11.3. The highest BCUT2D eigenvalue weighted by Gasteiger charge is 2.22. The van der Waals surface area contributed by atoms with Gasteiger partial charge in [-0.15, -0.1) is 0 Å². The van der Waals surface area contributed by atoms with Crippen molar-refractivity contribution in [3.8, 4) is 5.75 Å². The standard InChI is InChI=1S/C14H21NO2/c1-9-7-15-8-14(17-9)12-5-6-13(16-4)11(3)10(12)2/h5-6,9,14-15H,7-8H2,1-4H3. The maximum absolute atomic E-state index is 5.98. The molecule has 1 heterocycles. The van der Waals surface area contributed by atoms with Gasteiger partial charge in [-0.25, -0.2) is 0 Å². The van der Waals surface area contributed by atoms with Crippen LogP contribution in [0.15, 0.2) is 12.1 Å². The molecule has 2 unspecified atom stereocenters. The van der Waals surface area contributed by atoms with Crippen molar-refractivity contribution in [3.05, 3.63) is 28.8 Å². The highest BCUT2D eigenvalue weighted by atomic mass is 16.5. The van der Waals surface area contributed by atoms with Crippen LogP contribution in [-0.2, 0) is 4.74 Å². The zero-order valence-corrected chi connectivity index (χ0v) is 11.0. The Kier molecular flexibility index (Phi) is 3.69. The SMILES string of the molecule is COc1ccc(C2CNCC(C)O2)c(C)c1C. The molecule has 2 atom stereocenters. The normalized spacial score (nSPS) is 24.7. The second kappa shape index (κ2) is 5.07. The molecule has 17 heavy (non-hydrogen) atoms. The molecule has 0 bridgehead atoms. The number of ether oxygens (including phenoxy) is 2. The van der Waals surface area contributed by atoms with Crippen molar-refractivity contribution in [3.63, 3.8) is 0 Å². The number of morpholine rings is 1. The van der Waals surface area contributed by atoms with E-state index in [0.717, 1.165) is 18.8 Å². The molecule has 0 aromatic heterocycles. The van der Waals surface area contributed by atoms with Crippen LogP contribution in [-0.4, -0.2) is 26.3 Å². The molecule has 1 aliphatic heterocycles. The molecule has 1 fully saturated rings. The van der Waals surface area contributed by atoms with Crippen molar-refractivity contribution in [1.29, 1.82) is 0 Å². The number of methoxy groups -OCH3 is 1. The minimum atomic E-state index is 0.156. The highest BCUT2D eigenvalue weighted by Crippen LogP contribution is 2.30. The van der Waals surface area contributed by atoms with Gasteiger partial charge >= 0.3 is 0 Å². The summed E-state index contributed by atoms with van der Waals surface area (Å²) in [6.45, 7) is 8.15. The summed E-state index contributed by atoms with van der Waals surface area (Å²) in [6.07, 6.45) is 0.430. The number of hydrogen-bond donors (Lipinski definition) is 1. The number of rotatable bonds is 2. The molecule has 0 saturated carbocycles. The molecule has 2 rings (SSSR count). The van der Waals surface area contributed by atoms with Crippen molar-refractivity contribution < 1.29 is 9.47 Å². The van der Waals surface area contributed by atoms with E-state index in [4.69, 9.17) is 9.47 Å². The monoisotopic (exact) mass is 235 g/mol. The molecule has 0 aliphatic carbocycles. The molecular formula is C14H21NO2. The lowest BCUT2D eigenvalue weighted by Gasteiger charge is -2.30. The van der Waals surface area contributed by atoms with E-state index in [9.17, 15) is 0 Å². The van der Waals surface area contributed by atoms with Gasteiger partial charge in [0.1, 0.15) is 5.75 Å². The van der Waals surface area contributed by atoms with E-state index >= 15 is 0 Å². The lowest BCUT2D eigenvalue weighted by molar-refractivity contribution is -0.0290. The van der Waals surface area contributed by atoms with Gasteiger partial charge in [-0.2, -0.15) is 0 Å². The van der Waals surface area contributed by atoms with E-state index in [-0.39, 0.29) is 12.2 Å². The Bertz CT molecular complexity index is 403. The predicted octanol–water partition coefficient (Wildman–Crippen LogP) is 2.36. The van der Waals surface area contributed by atoms with Gasteiger partial charge in [0.25, 0.3) is 0 Å². The average Bonchev–Trinajstić information content (AvgIpc) is 2.32. The first-order chi connectivity index (χ1) is 8.13. The van der Waals surface area contributed by atoms with Crippen LogP contribution in [0, 0.1) is 13.8 Å². The van der Waals surface area contributed by atoms with Crippen LogP contribution in [0.5, 0.6) is 5.75 Å². The van der Waals surface area contributed by atoms with Gasteiger partial charge in [0, 0.05) is 13.1 Å². The first-order valence-corrected chi connectivity index (χ1v) is 6.13. The van der Waals surface area contributed by atoms with Crippen LogP contribution >= 0.6 is 0 Å². The molecule has 1 aromatic carbocycles. The lowest BCUT2D eigenvalue weighted by Crippen LogP contribution is -2.39. The molecule has 1 saturated heterocycles. The quantitative estimate of drug-likeness (QED) is 0.853. The summed E-state index contributed by atoms with van der Waals surface area (Å²) in [4.78, 5) is 0. The third-order valence-corrected chi connectivity index (χ3v) is 3.50. The molecule has 0 radical (unpaired) electrons.